The highest BCUT2D eigenvalue weighted by Gasteiger charge is 2.17. The molecule has 0 saturated heterocycles. The first-order chi connectivity index (χ1) is 4.04. The van der Waals surface area contributed by atoms with Crippen LogP contribution in [0.5, 0.6) is 0 Å². The summed E-state index contributed by atoms with van der Waals surface area (Å²) in [5, 5.41) is 2.13. The van der Waals surface area contributed by atoms with Gasteiger partial charge in [-0.2, -0.15) is 0 Å². The molecule has 0 nitrogen and oxygen atoms in total. The summed E-state index contributed by atoms with van der Waals surface area (Å²) in [6.45, 7) is 8.38. The van der Waals surface area contributed by atoms with Crippen molar-refractivity contribution >= 4 is 15.9 Å². The van der Waals surface area contributed by atoms with Gasteiger partial charge in [0.2, 0.25) is 0 Å². The van der Waals surface area contributed by atoms with Gasteiger partial charge in [0.15, 0.2) is 5.99 Å². The molecule has 0 unspecified atom stereocenters. The lowest BCUT2D eigenvalue weighted by Crippen LogP contribution is -2.13. The van der Waals surface area contributed by atoms with Crippen molar-refractivity contribution in [3.05, 3.63) is 12.0 Å². The van der Waals surface area contributed by atoms with E-state index in [1.165, 1.54) is 6.32 Å². The van der Waals surface area contributed by atoms with Crippen molar-refractivity contribution < 1.29 is 0 Å². The number of hydrogen-bond acceptors (Lipinski definition) is 0. The molecule has 0 aliphatic carbocycles. The molecule has 0 aromatic carbocycles. The molecule has 0 bridgehead atoms. The van der Waals surface area contributed by atoms with E-state index in [9.17, 15) is 0 Å². The van der Waals surface area contributed by atoms with E-state index in [2.05, 4.69) is 38.2 Å². The summed E-state index contributed by atoms with van der Waals surface area (Å²) >= 11 is 0. The van der Waals surface area contributed by atoms with Gasteiger partial charge >= 0.3 is 0 Å². The molecule has 2 heteroatoms. The minimum absolute atomic E-state index is 0.484. The Balaban J connectivity index is 3.95. The van der Waals surface area contributed by atoms with Crippen molar-refractivity contribution in [1.82, 2.24) is 0 Å². The zero-order chi connectivity index (χ0) is 7.49. The van der Waals surface area contributed by atoms with Gasteiger partial charge in [0.1, 0.15) is 0 Å². The molecular formula is C7H17BS. The molecule has 0 atom stereocenters. The van der Waals surface area contributed by atoms with E-state index in [0.717, 1.165) is 5.99 Å². The first-order valence-corrected chi connectivity index (χ1v) is 5.96. The Bertz CT molecular complexity index is 99.1. The second kappa shape index (κ2) is 3.36. The highest BCUT2D eigenvalue weighted by molar-refractivity contribution is 8.55. The quantitative estimate of drug-likeness (QED) is 0.534. The average Bonchev–Trinajstić information content (AvgIpc) is 1.86. The topological polar surface area (TPSA) is 0 Å². The maximum absolute atomic E-state index is 3.84. The Morgan fingerprint density at radius 3 is 2.11 bits per heavy atom. The summed E-state index contributed by atoms with van der Waals surface area (Å²) in [4.78, 5) is 0. The van der Waals surface area contributed by atoms with Gasteiger partial charge in [0, 0.05) is 0 Å². The van der Waals surface area contributed by atoms with Crippen molar-refractivity contribution in [3.63, 3.8) is 0 Å². The third-order valence-corrected chi connectivity index (χ3v) is 5.31. The van der Waals surface area contributed by atoms with Crippen LogP contribution in [0.2, 0.25) is 13.1 Å². The Morgan fingerprint density at radius 1 is 1.56 bits per heavy atom. The van der Waals surface area contributed by atoms with Crippen LogP contribution in [-0.2, 0) is 0 Å². The number of hydrogen-bond donors (Lipinski definition) is 0. The van der Waals surface area contributed by atoms with E-state index >= 15 is 0 Å². The summed E-state index contributed by atoms with van der Waals surface area (Å²) in [7, 11) is -0.484. The van der Waals surface area contributed by atoms with Gasteiger partial charge < -0.3 is 0 Å². The molecule has 0 saturated carbocycles. The molecule has 0 fully saturated rings. The lowest BCUT2D eigenvalue weighted by Gasteiger charge is -2.30. The van der Waals surface area contributed by atoms with Crippen LogP contribution >= 0.6 is 9.88 Å². The smallest absolute Gasteiger partial charge is 0.190 e. The first kappa shape index (κ1) is 9.15. The molecule has 0 aliphatic heterocycles. The summed E-state index contributed by atoms with van der Waals surface area (Å²) in [6.07, 6.45) is 5.90. The molecule has 0 aromatic heterocycles. The first-order valence-electron chi connectivity index (χ1n) is 3.39. The zero-order valence-corrected chi connectivity index (χ0v) is 7.79. The van der Waals surface area contributed by atoms with Gasteiger partial charge in [0.25, 0.3) is 0 Å². The highest BCUT2D eigenvalue weighted by atomic mass is 32.3. The third-order valence-electron chi connectivity index (χ3n) is 2.04. The largest absolute Gasteiger partial charge is 0.256 e. The average molecular weight is 144 g/mol. The van der Waals surface area contributed by atoms with Crippen LogP contribution < -0.4 is 0 Å². The van der Waals surface area contributed by atoms with Crippen LogP contribution in [0.15, 0.2) is 12.0 Å². The summed E-state index contributed by atoms with van der Waals surface area (Å²) < 4.78 is 0. The minimum Gasteiger partial charge on any atom is -0.256 e. The van der Waals surface area contributed by atoms with Crippen LogP contribution in [0, 0.1) is 0 Å². The molecule has 9 heavy (non-hydrogen) atoms. The molecule has 54 valence electrons. The highest BCUT2D eigenvalue weighted by Crippen LogP contribution is 2.44. The second-order valence-electron chi connectivity index (χ2n) is 2.87. The van der Waals surface area contributed by atoms with Crippen molar-refractivity contribution in [1.29, 1.82) is 0 Å². The van der Waals surface area contributed by atoms with E-state index in [1.54, 1.807) is 0 Å². The Labute approximate surface area is 61.0 Å². The van der Waals surface area contributed by atoms with Gasteiger partial charge in [-0.25, -0.2) is 0 Å². The van der Waals surface area contributed by atoms with Gasteiger partial charge in [-0.15, -0.1) is 0 Å². The SMILES string of the molecule is C=CS(C)(C)B(C)CC. The van der Waals surface area contributed by atoms with E-state index in [1.807, 2.05) is 0 Å². The fraction of sp³-hybridized carbons (Fsp3) is 0.714. The molecule has 0 N–H and O–H groups in total. The third kappa shape index (κ3) is 2.48. The van der Waals surface area contributed by atoms with Gasteiger partial charge in [0.05, 0.1) is 0 Å². The second-order valence-corrected chi connectivity index (χ2v) is 6.99. The Kier molecular flexibility index (Phi) is 3.41. The zero-order valence-electron chi connectivity index (χ0n) is 6.98. The van der Waals surface area contributed by atoms with Crippen LogP contribution in [0.1, 0.15) is 6.92 Å². The van der Waals surface area contributed by atoms with E-state index < -0.39 is 9.88 Å². The summed E-state index contributed by atoms with van der Waals surface area (Å²) in [5.41, 5.74) is 0. The molecule has 0 aromatic rings. The molecule has 0 amide bonds. The summed E-state index contributed by atoms with van der Waals surface area (Å²) in [6, 6.07) is 0. The van der Waals surface area contributed by atoms with E-state index in [0.29, 0.717) is 0 Å². The van der Waals surface area contributed by atoms with Gasteiger partial charge in [-0.1, -0.05) is 32.1 Å². The van der Waals surface area contributed by atoms with Crippen LogP contribution in [0.4, 0.5) is 0 Å². The molecule has 0 heterocycles. The van der Waals surface area contributed by atoms with Gasteiger partial charge in [-0.05, 0) is 12.5 Å². The van der Waals surface area contributed by atoms with Crippen molar-refractivity contribution in [2.24, 2.45) is 0 Å². The summed E-state index contributed by atoms with van der Waals surface area (Å²) in [5.74, 6) is 0.829. The predicted molar refractivity (Wildman–Crippen MR) is 51.7 cm³/mol. The predicted octanol–water partition coefficient (Wildman–Crippen LogP) is 2.84. The lowest BCUT2D eigenvalue weighted by molar-refractivity contribution is 1.44. The fourth-order valence-electron chi connectivity index (χ4n) is 0.594. The van der Waals surface area contributed by atoms with Crippen LogP contribution in [0.3, 0.4) is 0 Å². The Morgan fingerprint density at radius 2 is 2.00 bits per heavy atom. The van der Waals surface area contributed by atoms with E-state index in [-0.39, 0.29) is 0 Å². The van der Waals surface area contributed by atoms with Crippen molar-refractivity contribution in [2.75, 3.05) is 12.5 Å². The fourth-order valence-corrected chi connectivity index (χ4v) is 1.78. The standard InChI is InChI=1S/C7H17BS/c1-6-8(3)9(4,5)7-2/h7H,2,6H2,1,3-5H3. The molecular weight excluding hydrogens is 127 g/mol. The maximum atomic E-state index is 3.84. The molecule has 0 radical (unpaired) electrons. The Hall–Kier alpha value is 0.155. The van der Waals surface area contributed by atoms with Crippen molar-refractivity contribution in [3.8, 4) is 0 Å². The van der Waals surface area contributed by atoms with E-state index in [4.69, 9.17) is 0 Å². The number of rotatable bonds is 3. The maximum Gasteiger partial charge on any atom is 0.190 e. The monoisotopic (exact) mass is 144 g/mol. The molecule has 0 spiro atoms. The van der Waals surface area contributed by atoms with Crippen LogP contribution in [-0.4, -0.2) is 18.5 Å². The van der Waals surface area contributed by atoms with Crippen LogP contribution in [0.25, 0.3) is 0 Å². The molecule has 0 aliphatic rings. The minimum atomic E-state index is -0.484. The van der Waals surface area contributed by atoms with Crippen molar-refractivity contribution in [2.45, 2.75) is 20.1 Å². The normalized spacial score (nSPS) is 12.9. The lowest BCUT2D eigenvalue weighted by atomic mass is 9.76. The van der Waals surface area contributed by atoms with Gasteiger partial charge in [-0.3, -0.25) is 9.88 Å². The molecule has 0 rings (SSSR count).